The number of Topliss-reactive ketones (excluding diaryl/α,β-unsaturated/α-hetero) is 1. The van der Waals surface area contributed by atoms with Crippen molar-refractivity contribution in [2.75, 3.05) is 12.4 Å². The molecular weight excluding hydrogens is 320 g/mol. The molecule has 0 atom stereocenters. The Kier molecular flexibility index (Phi) is 5.18. The van der Waals surface area contributed by atoms with E-state index in [2.05, 4.69) is 15.9 Å². The van der Waals surface area contributed by atoms with E-state index in [9.17, 15) is 4.79 Å². The third-order valence-electron chi connectivity index (χ3n) is 2.84. The van der Waals surface area contributed by atoms with Gasteiger partial charge in [-0.05, 0) is 23.8 Å². The number of hydrogen-bond donors (Lipinski definition) is 0. The highest BCUT2D eigenvalue weighted by atomic mass is 79.9. The summed E-state index contributed by atoms with van der Waals surface area (Å²) in [5, 5.41) is 0.289. The van der Waals surface area contributed by atoms with Gasteiger partial charge in [0.05, 0.1) is 12.4 Å². The number of alkyl halides is 1. The van der Waals surface area contributed by atoms with E-state index < -0.39 is 0 Å². The van der Waals surface area contributed by atoms with Gasteiger partial charge in [0.15, 0.2) is 17.3 Å². The molecule has 0 aliphatic rings. The maximum atomic E-state index is 11.7. The van der Waals surface area contributed by atoms with Crippen molar-refractivity contribution in [2.45, 2.75) is 6.61 Å². The summed E-state index contributed by atoms with van der Waals surface area (Å²) >= 11 is 3.17. The zero-order valence-corrected chi connectivity index (χ0v) is 12.7. The van der Waals surface area contributed by atoms with E-state index in [1.807, 2.05) is 30.3 Å². The van der Waals surface area contributed by atoms with Crippen molar-refractivity contribution >= 4 is 21.7 Å². The first-order valence-electron chi connectivity index (χ1n) is 6.18. The molecule has 0 fully saturated rings. The van der Waals surface area contributed by atoms with Crippen LogP contribution in [0.5, 0.6) is 11.5 Å². The van der Waals surface area contributed by atoms with E-state index in [1.54, 1.807) is 25.3 Å². The standard InChI is InChI=1S/C16H15BrO3/c1-19-15-8-7-13(14(18)10-17)9-16(15)20-11-12-5-3-2-4-6-12/h2-9H,10-11H2,1H3. The van der Waals surface area contributed by atoms with Crippen LogP contribution in [-0.2, 0) is 6.61 Å². The number of methoxy groups -OCH3 is 1. The minimum atomic E-state index is 0.0113. The molecule has 0 aliphatic heterocycles. The lowest BCUT2D eigenvalue weighted by Gasteiger charge is -2.12. The van der Waals surface area contributed by atoms with Gasteiger partial charge >= 0.3 is 0 Å². The predicted octanol–water partition coefficient (Wildman–Crippen LogP) is 3.85. The van der Waals surface area contributed by atoms with Gasteiger partial charge < -0.3 is 9.47 Å². The molecule has 3 nitrogen and oxygen atoms in total. The Bertz CT molecular complexity index is 582. The van der Waals surface area contributed by atoms with Crippen molar-refractivity contribution in [3.8, 4) is 11.5 Å². The molecule has 0 spiro atoms. The molecule has 0 bridgehead atoms. The van der Waals surface area contributed by atoms with Crippen LogP contribution in [0, 0.1) is 0 Å². The fourth-order valence-corrected chi connectivity index (χ4v) is 2.10. The van der Waals surface area contributed by atoms with Crippen molar-refractivity contribution in [3.05, 3.63) is 59.7 Å². The summed E-state index contributed by atoms with van der Waals surface area (Å²) < 4.78 is 11.0. The first kappa shape index (κ1) is 14.6. The quantitative estimate of drug-likeness (QED) is 0.594. The van der Waals surface area contributed by atoms with E-state index in [0.717, 1.165) is 5.56 Å². The van der Waals surface area contributed by atoms with E-state index in [0.29, 0.717) is 23.7 Å². The van der Waals surface area contributed by atoms with Crippen LogP contribution in [0.15, 0.2) is 48.5 Å². The zero-order valence-electron chi connectivity index (χ0n) is 11.1. The molecule has 20 heavy (non-hydrogen) atoms. The summed E-state index contributed by atoms with van der Waals surface area (Å²) in [6.45, 7) is 0.434. The van der Waals surface area contributed by atoms with Gasteiger partial charge in [-0.15, -0.1) is 0 Å². The predicted molar refractivity (Wildman–Crippen MR) is 81.9 cm³/mol. The lowest BCUT2D eigenvalue weighted by molar-refractivity contribution is 0.102. The number of ether oxygens (including phenoxy) is 2. The summed E-state index contributed by atoms with van der Waals surface area (Å²) in [6, 6.07) is 15.0. The van der Waals surface area contributed by atoms with Crippen LogP contribution in [-0.4, -0.2) is 18.2 Å². The Morgan fingerprint density at radius 2 is 1.85 bits per heavy atom. The topological polar surface area (TPSA) is 35.5 Å². The molecule has 2 aromatic rings. The Balaban J connectivity index is 2.18. The average Bonchev–Trinajstić information content (AvgIpc) is 2.52. The number of carbonyl (C=O) groups excluding carboxylic acids is 1. The SMILES string of the molecule is COc1ccc(C(=O)CBr)cc1OCc1ccccc1. The van der Waals surface area contributed by atoms with Gasteiger partial charge in [-0.2, -0.15) is 0 Å². The van der Waals surface area contributed by atoms with Crippen LogP contribution >= 0.6 is 15.9 Å². The first-order chi connectivity index (χ1) is 9.74. The van der Waals surface area contributed by atoms with Gasteiger partial charge in [0.25, 0.3) is 0 Å². The summed E-state index contributed by atoms with van der Waals surface area (Å²) in [5.74, 6) is 1.20. The molecule has 0 amide bonds. The van der Waals surface area contributed by atoms with Gasteiger partial charge in [0, 0.05) is 5.56 Å². The molecule has 0 aliphatic carbocycles. The Labute approximate surface area is 126 Å². The summed E-state index contributed by atoms with van der Waals surface area (Å²) in [7, 11) is 1.58. The number of carbonyl (C=O) groups is 1. The maximum Gasteiger partial charge on any atom is 0.173 e. The molecule has 0 saturated carbocycles. The lowest BCUT2D eigenvalue weighted by Crippen LogP contribution is -2.03. The molecule has 0 aromatic heterocycles. The van der Waals surface area contributed by atoms with Crippen molar-refractivity contribution in [1.29, 1.82) is 0 Å². The highest BCUT2D eigenvalue weighted by molar-refractivity contribution is 9.09. The Hall–Kier alpha value is -1.81. The average molecular weight is 335 g/mol. The molecule has 2 aromatic carbocycles. The first-order valence-corrected chi connectivity index (χ1v) is 7.30. The molecule has 2 rings (SSSR count). The fraction of sp³-hybridized carbons (Fsp3) is 0.188. The van der Waals surface area contributed by atoms with Crippen molar-refractivity contribution in [1.82, 2.24) is 0 Å². The smallest absolute Gasteiger partial charge is 0.173 e. The Morgan fingerprint density at radius 3 is 2.50 bits per heavy atom. The van der Waals surface area contributed by atoms with Crippen LogP contribution < -0.4 is 9.47 Å². The molecule has 0 unspecified atom stereocenters. The third kappa shape index (κ3) is 3.61. The van der Waals surface area contributed by atoms with Crippen LogP contribution in [0.2, 0.25) is 0 Å². The Morgan fingerprint density at radius 1 is 1.10 bits per heavy atom. The maximum absolute atomic E-state index is 11.7. The number of hydrogen-bond acceptors (Lipinski definition) is 3. The van der Waals surface area contributed by atoms with Crippen LogP contribution in [0.25, 0.3) is 0 Å². The number of rotatable bonds is 6. The summed E-state index contributed by atoms with van der Waals surface area (Å²) in [6.07, 6.45) is 0. The minimum absolute atomic E-state index is 0.0113. The van der Waals surface area contributed by atoms with Crippen LogP contribution in [0.1, 0.15) is 15.9 Å². The highest BCUT2D eigenvalue weighted by Crippen LogP contribution is 2.29. The van der Waals surface area contributed by atoms with Gasteiger partial charge in [0.2, 0.25) is 0 Å². The van der Waals surface area contributed by atoms with Crippen molar-refractivity contribution in [3.63, 3.8) is 0 Å². The van der Waals surface area contributed by atoms with Gasteiger partial charge in [0.1, 0.15) is 6.61 Å². The van der Waals surface area contributed by atoms with E-state index in [4.69, 9.17) is 9.47 Å². The van der Waals surface area contributed by atoms with Crippen molar-refractivity contribution in [2.24, 2.45) is 0 Å². The molecular formula is C16H15BrO3. The molecule has 4 heteroatoms. The largest absolute Gasteiger partial charge is 0.493 e. The second kappa shape index (κ2) is 7.10. The third-order valence-corrected chi connectivity index (χ3v) is 3.35. The summed E-state index contributed by atoms with van der Waals surface area (Å²) in [4.78, 5) is 11.7. The zero-order chi connectivity index (χ0) is 14.4. The van der Waals surface area contributed by atoms with Crippen molar-refractivity contribution < 1.29 is 14.3 Å². The van der Waals surface area contributed by atoms with Gasteiger partial charge in [-0.25, -0.2) is 0 Å². The normalized spacial score (nSPS) is 10.1. The molecule has 0 N–H and O–H groups in total. The summed E-state index contributed by atoms with van der Waals surface area (Å²) in [5.41, 5.74) is 1.66. The number of halogens is 1. The van der Waals surface area contributed by atoms with E-state index in [1.165, 1.54) is 0 Å². The molecule has 0 radical (unpaired) electrons. The van der Waals surface area contributed by atoms with E-state index in [-0.39, 0.29) is 11.1 Å². The van der Waals surface area contributed by atoms with Crippen LogP contribution in [0.3, 0.4) is 0 Å². The number of benzene rings is 2. The van der Waals surface area contributed by atoms with E-state index >= 15 is 0 Å². The molecule has 0 heterocycles. The molecule has 104 valence electrons. The second-order valence-electron chi connectivity index (χ2n) is 4.20. The highest BCUT2D eigenvalue weighted by Gasteiger charge is 2.10. The number of ketones is 1. The molecule has 0 saturated heterocycles. The fourth-order valence-electron chi connectivity index (χ4n) is 1.78. The lowest BCUT2D eigenvalue weighted by atomic mass is 10.1. The monoisotopic (exact) mass is 334 g/mol. The minimum Gasteiger partial charge on any atom is -0.493 e. The van der Waals surface area contributed by atoms with Gasteiger partial charge in [-0.3, -0.25) is 4.79 Å². The van der Waals surface area contributed by atoms with Crippen LogP contribution in [0.4, 0.5) is 0 Å². The second-order valence-corrected chi connectivity index (χ2v) is 4.76. The van der Waals surface area contributed by atoms with Gasteiger partial charge in [-0.1, -0.05) is 46.3 Å².